The van der Waals surface area contributed by atoms with Gasteiger partial charge in [0.05, 0.1) is 17.8 Å². The molecule has 1 aromatic heterocycles. The molecule has 0 atom stereocenters. The third kappa shape index (κ3) is 5.07. The molecule has 156 valence electrons. The Morgan fingerprint density at radius 3 is 2.43 bits per heavy atom. The van der Waals surface area contributed by atoms with Crippen LogP contribution in [0.4, 0.5) is 0 Å². The standard InChI is InChI=1S/C23H23ClN2O4/c1-15-8-10-18(11-9-15)14-26-22(24)21(16(2)25-26)23(28)30-13-12-29-20-7-5-4-6-19(20)17(3)27/h4-11H,12-14H2,1-3H3. The van der Waals surface area contributed by atoms with Crippen LogP contribution in [0, 0.1) is 13.8 Å². The summed E-state index contributed by atoms with van der Waals surface area (Å²) in [5.41, 5.74) is 3.43. The Morgan fingerprint density at radius 2 is 1.73 bits per heavy atom. The number of aromatic nitrogens is 2. The molecule has 0 fully saturated rings. The Hall–Kier alpha value is -3.12. The molecule has 2 aromatic carbocycles. The quantitative estimate of drug-likeness (QED) is 0.298. The average Bonchev–Trinajstić information content (AvgIpc) is 3.00. The van der Waals surface area contributed by atoms with Crippen molar-refractivity contribution in [2.45, 2.75) is 27.3 Å². The Bertz CT molecular complexity index is 1060. The maximum atomic E-state index is 12.5. The Kier molecular flexibility index (Phi) is 6.90. The number of carbonyl (C=O) groups excluding carboxylic acids is 2. The summed E-state index contributed by atoms with van der Waals surface area (Å²) in [6, 6.07) is 15.0. The zero-order valence-corrected chi connectivity index (χ0v) is 17.9. The van der Waals surface area contributed by atoms with Gasteiger partial charge in [-0.15, -0.1) is 0 Å². The molecule has 0 amide bonds. The van der Waals surface area contributed by atoms with E-state index in [2.05, 4.69) is 5.10 Å². The lowest BCUT2D eigenvalue weighted by molar-refractivity contribution is 0.0448. The van der Waals surface area contributed by atoms with Crippen molar-refractivity contribution in [3.05, 3.63) is 81.6 Å². The zero-order valence-electron chi connectivity index (χ0n) is 17.1. The van der Waals surface area contributed by atoms with Crippen molar-refractivity contribution in [3.8, 4) is 5.75 Å². The lowest BCUT2D eigenvalue weighted by Gasteiger charge is -2.10. The second-order valence-corrected chi connectivity index (χ2v) is 7.29. The summed E-state index contributed by atoms with van der Waals surface area (Å²) in [6.45, 7) is 5.80. The van der Waals surface area contributed by atoms with Gasteiger partial charge in [-0.05, 0) is 38.5 Å². The molecule has 6 nitrogen and oxygen atoms in total. The van der Waals surface area contributed by atoms with Crippen LogP contribution in [0.5, 0.6) is 5.75 Å². The summed E-state index contributed by atoms with van der Waals surface area (Å²) >= 11 is 6.40. The smallest absolute Gasteiger partial charge is 0.343 e. The molecule has 0 spiro atoms. The van der Waals surface area contributed by atoms with Crippen LogP contribution in [0.25, 0.3) is 0 Å². The molecule has 7 heteroatoms. The first-order valence-electron chi connectivity index (χ1n) is 9.55. The molecular formula is C23H23ClN2O4. The van der Waals surface area contributed by atoms with Crippen molar-refractivity contribution < 1.29 is 19.1 Å². The Labute approximate surface area is 180 Å². The summed E-state index contributed by atoms with van der Waals surface area (Å²) < 4.78 is 12.5. The molecule has 1 heterocycles. The van der Waals surface area contributed by atoms with E-state index in [1.165, 1.54) is 12.5 Å². The van der Waals surface area contributed by atoms with E-state index >= 15 is 0 Å². The first-order valence-corrected chi connectivity index (χ1v) is 9.93. The van der Waals surface area contributed by atoms with Crippen molar-refractivity contribution in [2.24, 2.45) is 0 Å². The monoisotopic (exact) mass is 426 g/mol. The van der Waals surface area contributed by atoms with E-state index in [0.717, 1.165) is 5.56 Å². The van der Waals surface area contributed by atoms with Crippen LogP contribution in [-0.2, 0) is 11.3 Å². The van der Waals surface area contributed by atoms with Crippen LogP contribution in [0.1, 0.15) is 44.5 Å². The average molecular weight is 427 g/mol. The van der Waals surface area contributed by atoms with Crippen LogP contribution >= 0.6 is 11.6 Å². The fraction of sp³-hybridized carbons (Fsp3) is 0.261. The van der Waals surface area contributed by atoms with Crippen LogP contribution in [0.3, 0.4) is 0 Å². The number of para-hydroxylation sites is 1. The van der Waals surface area contributed by atoms with Crippen LogP contribution in [-0.4, -0.2) is 34.7 Å². The fourth-order valence-electron chi connectivity index (χ4n) is 3.00. The molecule has 0 unspecified atom stereocenters. The number of Topliss-reactive ketones (excluding diaryl/α,β-unsaturated/α-hetero) is 1. The number of benzene rings is 2. The number of esters is 1. The highest BCUT2D eigenvalue weighted by molar-refractivity contribution is 6.32. The van der Waals surface area contributed by atoms with Gasteiger partial charge in [-0.3, -0.25) is 4.79 Å². The van der Waals surface area contributed by atoms with Crippen molar-refractivity contribution in [2.75, 3.05) is 13.2 Å². The minimum atomic E-state index is -0.559. The SMILES string of the molecule is CC(=O)c1ccccc1OCCOC(=O)c1c(C)nn(Cc2ccc(C)cc2)c1Cl. The number of hydrogen-bond acceptors (Lipinski definition) is 5. The zero-order chi connectivity index (χ0) is 21.7. The number of halogens is 1. The van der Waals surface area contributed by atoms with E-state index in [-0.39, 0.29) is 29.7 Å². The maximum absolute atomic E-state index is 12.5. The highest BCUT2D eigenvalue weighted by Crippen LogP contribution is 2.22. The number of ketones is 1. The first kappa shape index (κ1) is 21.6. The normalized spacial score (nSPS) is 10.7. The molecule has 0 saturated carbocycles. The van der Waals surface area contributed by atoms with Gasteiger partial charge in [-0.2, -0.15) is 5.10 Å². The molecular weight excluding hydrogens is 404 g/mol. The van der Waals surface area contributed by atoms with Gasteiger partial charge in [-0.25, -0.2) is 9.48 Å². The molecule has 0 radical (unpaired) electrons. The highest BCUT2D eigenvalue weighted by atomic mass is 35.5. The Morgan fingerprint density at radius 1 is 1.03 bits per heavy atom. The van der Waals surface area contributed by atoms with Gasteiger partial charge in [0.15, 0.2) is 5.78 Å². The molecule has 0 aliphatic rings. The van der Waals surface area contributed by atoms with Gasteiger partial charge in [0.2, 0.25) is 0 Å². The second kappa shape index (κ2) is 9.59. The summed E-state index contributed by atoms with van der Waals surface area (Å²) in [7, 11) is 0. The third-order valence-electron chi connectivity index (χ3n) is 4.56. The van der Waals surface area contributed by atoms with Gasteiger partial charge >= 0.3 is 5.97 Å². The minimum absolute atomic E-state index is 0.0178. The fourth-order valence-corrected chi connectivity index (χ4v) is 3.31. The number of nitrogens with zero attached hydrogens (tertiary/aromatic N) is 2. The molecule has 0 aliphatic carbocycles. The topological polar surface area (TPSA) is 70.4 Å². The van der Waals surface area contributed by atoms with E-state index in [1.54, 1.807) is 35.9 Å². The third-order valence-corrected chi connectivity index (χ3v) is 4.95. The van der Waals surface area contributed by atoms with E-state index in [4.69, 9.17) is 21.1 Å². The predicted molar refractivity (Wildman–Crippen MR) is 114 cm³/mol. The number of rotatable bonds is 8. The summed E-state index contributed by atoms with van der Waals surface area (Å²) in [6.07, 6.45) is 0. The van der Waals surface area contributed by atoms with Crippen molar-refractivity contribution in [1.82, 2.24) is 9.78 Å². The number of carbonyl (C=O) groups is 2. The lowest BCUT2D eigenvalue weighted by atomic mass is 10.1. The number of hydrogen-bond donors (Lipinski definition) is 0. The lowest BCUT2D eigenvalue weighted by Crippen LogP contribution is -2.14. The van der Waals surface area contributed by atoms with E-state index in [9.17, 15) is 9.59 Å². The van der Waals surface area contributed by atoms with E-state index in [1.807, 2.05) is 31.2 Å². The van der Waals surface area contributed by atoms with Gasteiger partial charge < -0.3 is 9.47 Å². The minimum Gasteiger partial charge on any atom is -0.489 e. The highest BCUT2D eigenvalue weighted by Gasteiger charge is 2.22. The molecule has 30 heavy (non-hydrogen) atoms. The summed E-state index contributed by atoms with van der Waals surface area (Å²) in [4.78, 5) is 24.1. The second-order valence-electron chi connectivity index (χ2n) is 6.93. The first-order chi connectivity index (χ1) is 14.4. The Balaban J connectivity index is 1.60. The molecule has 3 aromatic rings. The molecule has 0 saturated heterocycles. The van der Waals surface area contributed by atoms with E-state index < -0.39 is 5.97 Å². The van der Waals surface area contributed by atoms with Gasteiger partial charge in [0.1, 0.15) is 29.7 Å². The van der Waals surface area contributed by atoms with Gasteiger partial charge in [0.25, 0.3) is 0 Å². The van der Waals surface area contributed by atoms with Crippen molar-refractivity contribution in [3.63, 3.8) is 0 Å². The van der Waals surface area contributed by atoms with E-state index in [0.29, 0.717) is 23.6 Å². The maximum Gasteiger partial charge on any atom is 0.343 e. The summed E-state index contributed by atoms with van der Waals surface area (Å²) in [5, 5.41) is 4.61. The number of ether oxygens (including phenoxy) is 2. The number of aryl methyl sites for hydroxylation is 2. The van der Waals surface area contributed by atoms with Crippen molar-refractivity contribution >= 4 is 23.4 Å². The molecule has 0 N–H and O–H groups in total. The van der Waals surface area contributed by atoms with Crippen LogP contribution in [0.15, 0.2) is 48.5 Å². The molecule has 0 aliphatic heterocycles. The van der Waals surface area contributed by atoms with Crippen molar-refractivity contribution in [1.29, 1.82) is 0 Å². The van der Waals surface area contributed by atoms with Crippen LogP contribution in [0.2, 0.25) is 5.15 Å². The molecule has 0 bridgehead atoms. The predicted octanol–water partition coefficient (Wildman–Crippen LogP) is 4.64. The molecule has 3 rings (SSSR count). The van der Waals surface area contributed by atoms with Gasteiger partial charge in [-0.1, -0.05) is 53.6 Å². The summed E-state index contributed by atoms with van der Waals surface area (Å²) in [5.74, 6) is -0.191. The van der Waals surface area contributed by atoms with Crippen LogP contribution < -0.4 is 4.74 Å². The van der Waals surface area contributed by atoms with Gasteiger partial charge in [0, 0.05) is 0 Å². The largest absolute Gasteiger partial charge is 0.489 e.